The number of aryl methyl sites for hydroxylation is 1. The minimum Gasteiger partial charge on any atom is -0.293 e. The second-order valence-electron chi connectivity index (χ2n) is 4.65. The Hall–Kier alpha value is -1.45. The first kappa shape index (κ1) is 14.9. The number of Topliss-reactive ketones (excluding diaryl/α,β-unsaturated/α-hetero) is 1. The van der Waals surface area contributed by atoms with E-state index in [4.69, 9.17) is 11.6 Å². The molecule has 0 aliphatic carbocycles. The van der Waals surface area contributed by atoms with Crippen LogP contribution >= 0.6 is 11.6 Å². The maximum Gasteiger partial charge on any atom is 0.175 e. The number of benzene rings is 2. The van der Waals surface area contributed by atoms with Gasteiger partial charge in [0, 0.05) is 27.1 Å². The lowest BCUT2D eigenvalue weighted by atomic mass is 10.1. The number of rotatable bonds is 5. The Morgan fingerprint density at radius 1 is 1.15 bits per heavy atom. The first-order valence-corrected chi connectivity index (χ1v) is 8.10. The molecule has 4 heteroatoms. The maximum absolute atomic E-state index is 12.0. The van der Waals surface area contributed by atoms with Gasteiger partial charge in [0.2, 0.25) is 0 Å². The molecule has 0 aromatic heterocycles. The van der Waals surface area contributed by atoms with Crippen LogP contribution in [0.25, 0.3) is 0 Å². The molecule has 0 fully saturated rings. The highest BCUT2D eigenvalue weighted by Gasteiger charge is 2.11. The quantitative estimate of drug-likeness (QED) is 0.788. The van der Waals surface area contributed by atoms with Crippen LogP contribution in [0.15, 0.2) is 48.5 Å². The molecule has 0 aliphatic rings. The molecule has 2 nitrogen and oxygen atoms in total. The monoisotopic (exact) mass is 306 g/mol. The van der Waals surface area contributed by atoms with Gasteiger partial charge in [0.25, 0.3) is 0 Å². The van der Waals surface area contributed by atoms with Crippen molar-refractivity contribution >= 4 is 28.2 Å². The lowest BCUT2D eigenvalue weighted by Crippen LogP contribution is -2.12. The molecule has 0 radical (unpaired) electrons. The fourth-order valence-corrected chi connectivity index (χ4v) is 3.12. The van der Waals surface area contributed by atoms with Gasteiger partial charge in [0.05, 0.1) is 5.75 Å². The van der Waals surface area contributed by atoms with Crippen molar-refractivity contribution in [2.75, 3.05) is 5.75 Å². The Bertz CT molecular complexity index is 635. The van der Waals surface area contributed by atoms with E-state index in [-0.39, 0.29) is 11.5 Å². The number of halogens is 1. The summed E-state index contributed by atoms with van der Waals surface area (Å²) in [7, 11) is -1.21. The molecular weight excluding hydrogens is 292 g/mol. The highest BCUT2D eigenvalue weighted by molar-refractivity contribution is 7.85. The van der Waals surface area contributed by atoms with Crippen LogP contribution < -0.4 is 0 Å². The minimum atomic E-state index is -1.21. The molecule has 0 aliphatic heterocycles. The molecule has 0 heterocycles. The van der Waals surface area contributed by atoms with Gasteiger partial charge < -0.3 is 0 Å². The maximum atomic E-state index is 12.0. The Kier molecular flexibility index (Phi) is 5.10. The average Bonchev–Trinajstić information content (AvgIpc) is 2.41. The lowest BCUT2D eigenvalue weighted by molar-refractivity contribution is 0.102. The molecule has 2 rings (SSSR count). The third-order valence-corrected chi connectivity index (χ3v) is 4.36. The van der Waals surface area contributed by atoms with Crippen LogP contribution in [0.5, 0.6) is 0 Å². The van der Waals surface area contributed by atoms with Gasteiger partial charge in [-0.15, -0.1) is 0 Å². The standard InChI is InChI=1S/C16H15ClO2S/c1-12-3-2-4-14(9-12)16(18)11-20(19)10-13-5-7-15(17)8-6-13/h2-9H,10-11H2,1H3. The third-order valence-electron chi connectivity index (χ3n) is 2.87. The van der Waals surface area contributed by atoms with Crippen LogP contribution in [0.4, 0.5) is 0 Å². The van der Waals surface area contributed by atoms with Crippen molar-refractivity contribution in [3.05, 3.63) is 70.2 Å². The van der Waals surface area contributed by atoms with Gasteiger partial charge in [0.1, 0.15) is 0 Å². The van der Waals surface area contributed by atoms with Crippen molar-refractivity contribution in [1.29, 1.82) is 0 Å². The van der Waals surface area contributed by atoms with Crippen molar-refractivity contribution in [3.63, 3.8) is 0 Å². The van der Waals surface area contributed by atoms with Crippen molar-refractivity contribution in [2.24, 2.45) is 0 Å². The van der Waals surface area contributed by atoms with Gasteiger partial charge in [-0.3, -0.25) is 9.00 Å². The Morgan fingerprint density at radius 3 is 2.50 bits per heavy atom. The van der Waals surface area contributed by atoms with Gasteiger partial charge in [-0.05, 0) is 30.7 Å². The molecular formula is C16H15ClO2S. The summed E-state index contributed by atoms with van der Waals surface area (Å²) in [5, 5.41) is 0.648. The number of carbonyl (C=O) groups is 1. The van der Waals surface area contributed by atoms with E-state index in [0.717, 1.165) is 11.1 Å². The molecule has 0 spiro atoms. The second kappa shape index (κ2) is 6.82. The number of carbonyl (C=O) groups excluding carboxylic acids is 1. The first-order valence-electron chi connectivity index (χ1n) is 6.24. The van der Waals surface area contributed by atoms with Crippen LogP contribution in [-0.2, 0) is 16.6 Å². The largest absolute Gasteiger partial charge is 0.293 e. The zero-order valence-corrected chi connectivity index (χ0v) is 12.7. The van der Waals surface area contributed by atoms with Gasteiger partial charge in [-0.25, -0.2) is 0 Å². The van der Waals surface area contributed by atoms with E-state index in [0.29, 0.717) is 16.3 Å². The van der Waals surface area contributed by atoms with Crippen LogP contribution in [0.3, 0.4) is 0 Å². The van der Waals surface area contributed by atoms with E-state index in [1.165, 1.54) is 0 Å². The molecule has 0 saturated carbocycles. The van der Waals surface area contributed by atoms with Gasteiger partial charge in [-0.2, -0.15) is 0 Å². The Balaban J connectivity index is 1.97. The van der Waals surface area contributed by atoms with Crippen molar-refractivity contribution < 1.29 is 9.00 Å². The molecule has 20 heavy (non-hydrogen) atoms. The van der Waals surface area contributed by atoms with Crippen molar-refractivity contribution in [3.8, 4) is 0 Å². The molecule has 1 unspecified atom stereocenters. The highest BCUT2D eigenvalue weighted by atomic mass is 35.5. The summed E-state index contributed by atoms with van der Waals surface area (Å²) in [6.07, 6.45) is 0. The summed E-state index contributed by atoms with van der Waals surface area (Å²) >= 11 is 5.80. The minimum absolute atomic E-state index is 0.0477. The van der Waals surface area contributed by atoms with Crippen molar-refractivity contribution in [1.82, 2.24) is 0 Å². The predicted octanol–water partition coefficient (Wildman–Crippen LogP) is 3.78. The van der Waals surface area contributed by atoms with E-state index < -0.39 is 10.8 Å². The van der Waals surface area contributed by atoms with E-state index >= 15 is 0 Å². The van der Waals surface area contributed by atoms with Gasteiger partial charge in [0.15, 0.2) is 5.78 Å². The topological polar surface area (TPSA) is 34.1 Å². The van der Waals surface area contributed by atoms with Crippen LogP contribution in [-0.4, -0.2) is 15.7 Å². The van der Waals surface area contributed by atoms with Gasteiger partial charge >= 0.3 is 0 Å². The molecule has 0 saturated heterocycles. The molecule has 2 aromatic carbocycles. The Labute approximate surface area is 126 Å². The molecule has 1 atom stereocenters. The smallest absolute Gasteiger partial charge is 0.175 e. The lowest BCUT2D eigenvalue weighted by Gasteiger charge is -2.04. The fraction of sp³-hybridized carbons (Fsp3) is 0.188. The van der Waals surface area contributed by atoms with Gasteiger partial charge in [-0.1, -0.05) is 47.5 Å². The molecule has 0 amide bonds. The SMILES string of the molecule is Cc1cccc(C(=O)CS(=O)Cc2ccc(Cl)cc2)c1. The molecule has 0 N–H and O–H groups in total. The van der Waals surface area contributed by atoms with E-state index in [9.17, 15) is 9.00 Å². The summed E-state index contributed by atoms with van der Waals surface area (Å²) in [5.74, 6) is 0.335. The zero-order valence-electron chi connectivity index (χ0n) is 11.1. The van der Waals surface area contributed by atoms with Crippen LogP contribution in [0, 0.1) is 6.92 Å². The van der Waals surface area contributed by atoms with E-state index in [1.807, 2.05) is 37.3 Å². The number of hydrogen-bond donors (Lipinski definition) is 0. The summed E-state index contributed by atoms with van der Waals surface area (Å²) in [6, 6.07) is 14.5. The molecule has 104 valence electrons. The summed E-state index contributed by atoms with van der Waals surface area (Å²) in [6.45, 7) is 1.93. The summed E-state index contributed by atoms with van der Waals surface area (Å²) < 4.78 is 12.0. The number of hydrogen-bond acceptors (Lipinski definition) is 2. The average molecular weight is 307 g/mol. The predicted molar refractivity (Wildman–Crippen MR) is 83.7 cm³/mol. The van der Waals surface area contributed by atoms with E-state index in [2.05, 4.69) is 0 Å². The van der Waals surface area contributed by atoms with Crippen molar-refractivity contribution in [2.45, 2.75) is 12.7 Å². The number of ketones is 1. The third kappa shape index (κ3) is 4.29. The fourth-order valence-electron chi connectivity index (χ4n) is 1.87. The summed E-state index contributed by atoms with van der Waals surface area (Å²) in [5.41, 5.74) is 2.57. The first-order chi connectivity index (χ1) is 9.54. The van der Waals surface area contributed by atoms with Crippen LogP contribution in [0.2, 0.25) is 5.02 Å². The highest BCUT2D eigenvalue weighted by Crippen LogP contribution is 2.12. The van der Waals surface area contributed by atoms with Crippen LogP contribution in [0.1, 0.15) is 21.5 Å². The summed E-state index contributed by atoms with van der Waals surface area (Å²) in [4.78, 5) is 12.0. The Morgan fingerprint density at radius 2 is 1.85 bits per heavy atom. The molecule has 2 aromatic rings. The zero-order chi connectivity index (χ0) is 14.5. The molecule has 0 bridgehead atoms. The second-order valence-corrected chi connectivity index (χ2v) is 6.54. The normalized spacial score (nSPS) is 12.1. The van der Waals surface area contributed by atoms with E-state index in [1.54, 1.807) is 18.2 Å².